The molecule has 0 aromatic carbocycles. The van der Waals surface area contributed by atoms with Crippen molar-refractivity contribution in [3.8, 4) is 0 Å². The van der Waals surface area contributed by atoms with Gasteiger partial charge in [-0.25, -0.2) is 0 Å². The standard InChI is InChI=1S/C9H21N3O2/c1-3-5-11-8(10)12-9(4-2,6-13)7-14/h13-14H,3-7H2,1-2H3,(H3,10,11,12). The van der Waals surface area contributed by atoms with Crippen LogP contribution in [0.25, 0.3) is 0 Å². The third-order valence-electron chi connectivity index (χ3n) is 2.18. The molecule has 0 saturated carbocycles. The zero-order valence-corrected chi connectivity index (χ0v) is 8.95. The Kier molecular flexibility index (Phi) is 6.23. The van der Waals surface area contributed by atoms with Gasteiger partial charge < -0.3 is 21.3 Å². The van der Waals surface area contributed by atoms with Crippen molar-refractivity contribution in [1.82, 2.24) is 5.32 Å². The minimum atomic E-state index is -0.749. The van der Waals surface area contributed by atoms with E-state index in [4.69, 9.17) is 15.9 Å². The fourth-order valence-corrected chi connectivity index (χ4v) is 0.985. The van der Waals surface area contributed by atoms with Crippen LogP contribution in [-0.4, -0.2) is 41.5 Å². The van der Waals surface area contributed by atoms with Crippen molar-refractivity contribution in [2.75, 3.05) is 19.8 Å². The first-order valence-corrected chi connectivity index (χ1v) is 4.94. The summed E-state index contributed by atoms with van der Waals surface area (Å²) in [5.41, 5.74) is 4.84. The number of hydrogen-bond acceptors (Lipinski definition) is 3. The molecule has 0 fully saturated rings. The van der Waals surface area contributed by atoms with Gasteiger partial charge in [0.2, 0.25) is 0 Å². The summed E-state index contributed by atoms with van der Waals surface area (Å²) in [6, 6.07) is 0. The molecular weight excluding hydrogens is 182 g/mol. The van der Waals surface area contributed by atoms with E-state index in [1.54, 1.807) is 0 Å². The second-order valence-electron chi connectivity index (χ2n) is 3.34. The third kappa shape index (κ3) is 3.93. The molecule has 14 heavy (non-hydrogen) atoms. The number of nitrogens with zero attached hydrogens (tertiary/aromatic N) is 1. The molecule has 0 aromatic heterocycles. The smallest absolute Gasteiger partial charge is 0.189 e. The number of aliphatic imine (C=N–C) groups is 1. The minimum absolute atomic E-state index is 0.164. The number of guanidine groups is 1. The van der Waals surface area contributed by atoms with Crippen molar-refractivity contribution >= 4 is 5.96 Å². The highest BCUT2D eigenvalue weighted by atomic mass is 16.3. The Hall–Kier alpha value is -0.810. The van der Waals surface area contributed by atoms with Crippen LogP contribution in [0.1, 0.15) is 26.7 Å². The van der Waals surface area contributed by atoms with Crippen LogP contribution in [0.15, 0.2) is 4.99 Å². The zero-order valence-electron chi connectivity index (χ0n) is 8.95. The third-order valence-corrected chi connectivity index (χ3v) is 2.18. The number of nitrogens with two attached hydrogens (primary N) is 1. The summed E-state index contributed by atoms with van der Waals surface area (Å²) in [6.45, 7) is 4.19. The molecule has 0 unspecified atom stereocenters. The van der Waals surface area contributed by atoms with Crippen LogP contribution in [0.3, 0.4) is 0 Å². The lowest BCUT2D eigenvalue weighted by Gasteiger charge is -2.30. The average Bonchev–Trinajstić information content (AvgIpc) is 2.23. The topological polar surface area (TPSA) is 90.9 Å². The lowest BCUT2D eigenvalue weighted by Crippen LogP contribution is -2.56. The molecule has 0 atom stereocenters. The molecule has 0 rings (SSSR count). The van der Waals surface area contributed by atoms with Gasteiger partial charge in [-0.05, 0) is 12.8 Å². The van der Waals surface area contributed by atoms with Crippen molar-refractivity contribution in [3.05, 3.63) is 0 Å². The van der Waals surface area contributed by atoms with E-state index in [9.17, 15) is 0 Å². The fourth-order valence-electron chi connectivity index (χ4n) is 0.985. The Morgan fingerprint density at radius 1 is 1.36 bits per heavy atom. The van der Waals surface area contributed by atoms with Gasteiger partial charge in [-0.2, -0.15) is 0 Å². The molecule has 0 aliphatic carbocycles. The minimum Gasteiger partial charge on any atom is -0.394 e. The summed E-state index contributed by atoms with van der Waals surface area (Å²) in [6.07, 6.45) is 1.50. The molecule has 0 amide bonds. The van der Waals surface area contributed by atoms with Gasteiger partial charge in [-0.15, -0.1) is 0 Å². The van der Waals surface area contributed by atoms with Gasteiger partial charge >= 0.3 is 0 Å². The molecule has 0 aliphatic rings. The van der Waals surface area contributed by atoms with Crippen LogP contribution >= 0.6 is 0 Å². The summed E-state index contributed by atoms with van der Waals surface area (Å²) in [7, 11) is 0. The SMILES string of the molecule is CCCN=C(N)NC(CC)(CO)CO. The zero-order chi connectivity index (χ0) is 11.0. The number of nitrogens with one attached hydrogen (secondary N) is 1. The van der Waals surface area contributed by atoms with Crippen LogP contribution in [0.2, 0.25) is 0 Å². The maximum absolute atomic E-state index is 9.12. The quantitative estimate of drug-likeness (QED) is 0.344. The van der Waals surface area contributed by atoms with Crippen LogP contribution in [0.5, 0.6) is 0 Å². The summed E-state index contributed by atoms with van der Waals surface area (Å²) < 4.78 is 0. The average molecular weight is 203 g/mol. The predicted molar refractivity (Wildman–Crippen MR) is 57.1 cm³/mol. The normalized spacial score (nSPS) is 13.0. The van der Waals surface area contributed by atoms with E-state index in [0.717, 1.165) is 6.42 Å². The summed E-state index contributed by atoms with van der Waals surface area (Å²) in [4.78, 5) is 4.03. The van der Waals surface area contributed by atoms with Crippen LogP contribution in [-0.2, 0) is 0 Å². The maximum Gasteiger partial charge on any atom is 0.189 e. The largest absolute Gasteiger partial charge is 0.394 e. The molecule has 84 valence electrons. The lowest BCUT2D eigenvalue weighted by atomic mass is 9.99. The van der Waals surface area contributed by atoms with Gasteiger partial charge in [0.1, 0.15) is 0 Å². The second-order valence-corrected chi connectivity index (χ2v) is 3.34. The highest BCUT2D eigenvalue weighted by Gasteiger charge is 2.26. The van der Waals surface area contributed by atoms with Crippen molar-refractivity contribution in [2.24, 2.45) is 10.7 Å². The molecule has 5 heteroatoms. The van der Waals surface area contributed by atoms with Crippen molar-refractivity contribution in [3.63, 3.8) is 0 Å². The Balaban J connectivity index is 4.28. The molecule has 0 bridgehead atoms. The van der Waals surface area contributed by atoms with Gasteiger partial charge in [-0.1, -0.05) is 13.8 Å². The highest BCUT2D eigenvalue weighted by molar-refractivity contribution is 5.78. The molecule has 0 heterocycles. The monoisotopic (exact) mass is 203 g/mol. The van der Waals surface area contributed by atoms with Gasteiger partial charge in [0.25, 0.3) is 0 Å². The summed E-state index contributed by atoms with van der Waals surface area (Å²) >= 11 is 0. The van der Waals surface area contributed by atoms with E-state index < -0.39 is 5.54 Å². The Morgan fingerprint density at radius 2 is 1.93 bits per heavy atom. The van der Waals surface area contributed by atoms with E-state index in [-0.39, 0.29) is 19.2 Å². The molecule has 5 N–H and O–H groups in total. The van der Waals surface area contributed by atoms with Gasteiger partial charge in [0, 0.05) is 6.54 Å². The van der Waals surface area contributed by atoms with Gasteiger partial charge in [0.05, 0.1) is 18.8 Å². The van der Waals surface area contributed by atoms with E-state index in [1.165, 1.54) is 0 Å². The first kappa shape index (κ1) is 13.2. The van der Waals surface area contributed by atoms with Crippen LogP contribution in [0.4, 0.5) is 0 Å². The lowest BCUT2D eigenvalue weighted by molar-refractivity contribution is 0.103. The van der Waals surface area contributed by atoms with Crippen molar-refractivity contribution < 1.29 is 10.2 Å². The summed E-state index contributed by atoms with van der Waals surface area (Å²) in [5.74, 6) is 0.275. The molecule has 5 nitrogen and oxygen atoms in total. The van der Waals surface area contributed by atoms with Crippen LogP contribution in [0, 0.1) is 0 Å². The van der Waals surface area contributed by atoms with Gasteiger partial charge in [-0.3, -0.25) is 4.99 Å². The highest BCUT2D eigenvalue weighted by Crippen LogP contribution is 2.07. The second kappa shape index (κ2) is 6.62. The molecule has 0 aliphatic heterocycles. The van der Waals surface area contributed by atoms with E-state index in [1.807, 2.05) is 13.8 Å². The number of rotatable bonds is 6. The molecule has 0 saturated heterocycles. The molecule has 0 spiro atoms. The Labute approximate surface area is 85.0 Å². The predicted octanol–water partition coefficient (Wildman–Crippen LogP) is -0.566. The van der Waals surface area contributed by atoms with Crippen molar-refractivity contribution in [1.29, 1.82) is 0 Å². The van der Waals surface area contributed by atoms with Crippen molar-refractivity contribution in [2.45, 2.75) is 32.2 Å². The number of aliphatic hydroxyl groups is 2. The van der Waals surface area contributed by atoms with Gasteiger partial charge in [0.15, 0.2) is 5.96 Å². The molecular formula is C9H21N3O2. The molecule has 0 aromatic rings. The fraction of sp³-hybridized carbons (Fsp3) is 0.889. The first-order chi connectivity index (χ1) is 6.64. The van der Waals surface area contributed by atoms with E-state index in [2.05, 4.69) is 10.3 Å². The Bertz CT molecular complexity index is 171. The first-order valence-electron chi connectivity index (χ1n) is 4.94. The van der Waals surface area contributed by atoms with E-state index >= 15 is 0 Å². The maximum atomic E-state index is 9.12. The number of hydrogen-bond donors (Lipinski definition) is 4. The molecule has 0 radical (unpaired) electrons. The summed E-state index contributed by atoms with van der Waals surface area (Å²) in [5, 5.41) is 21.1. The van der Waals surface area contributed by atoms with E-state index in [0.29, 0.717) is 13.0 Å². The Morgan fingerprint density at radius 3 is 2.29 bits per heavy atom. The van der Waals surface area contributed by atoms with Crippen LogP contribution < -0.4 is 11.1 Å². The number of aliphatic hydroxyl groups excluding tert-OH is 2.